The molecule has 0 bridgehead atoms. The molecule has 0 saturated carbocycles. The van der Waals surface area contributed by atoms with Crippen LogP contribution in [0.5, 0.6) is 0 Å². The number of thiocarbonyl (C=S) groups is 1. The van der Waals surface area contributed by atoms with Crippen LogP contribution in [-0.4, -0.2) is 25.4 Å². The monoisotopic (exact) mass is 405 g/mol. The molecule has 0 aromatic carbocycles. The minimum Gasteiger partial charge on any atom is -0.317 e. The molecule has 0 radical (unpaired) electrons. The van der Waals surface area contributed by atoms with Crippen LogP contribution in [0.1, 0.15) is 52.0 Å². The van der Waals surface area contributed by atoms with Crippen molar-refractivity contribution < 1.29 is 0 Å². The summed E-state index contributed by atoms with van der Waals surface area (Å²) in [5.41, 5.74) is 1.21. The second-order valence-electron chi connectivity index (χ2n) is 5.01. The van der Waals surface area contributed by atoms with E-state index in [1.54, 1.807) is 6.33 Å². The van der Waals surface area contributed by atoms with E-state index in [0.717, 1.165) is 40.9 Å². The van der Waals surface area contributed by atoms with E-state index in [2.05, 4.69) is 58.2 Å². The largest absolute Gasteiger partial charge is 0.317 e. The highest BCUT2D eigenvalue weighted by Gasteiger charge is 2.21. The van der Waals surface area contributed by atoms with E-state index >= 15 is 0 Å². The van der Waals surface area contributed by atoms with Crippen molar-refractivity contribution >= 4 is 45.6 Å². The minimum atomic E-state index is 0.387. The summed E-state index contributed by atoms with van der Waals surface area (Å²) in [6.45, 7) is 6.64. The van der Waals surface area contributed by atoms with Crippen LogP contribution in [0.15, 0.2) is 12.5 Å². The third-order valence-electron chi connectivity index (χ3n) is 3.32. The summed E-state index contributed by atoms with van der Waals surface area (Å²) < 4.78 is 0.846. The van der Waals surface area contributed by atoms with Crippen molar-refractivity contribution in [2.24, 2.45) is 0 Å². The zero-order valence-corrected chi connectivity index (χ0v) is 15.6. The lowest BCUT2D eigenvalue weighted by atomic mass is 10.1. The zero-order chi connectivity index (χ0) is 15.0. The fraction of sp³-hybridized carbons (Fsp3) is 0.667. The van der Waals surface area contributed by atoms with Crippen LogP contribution in [0.2, 0.25) is 0 Å². The Balaban J connectivity index is 3.09. The highest BCUT2D eigenvalue weighted by atomic mass is 127. The summed E-state index contributed by atoms with van der Waals surface area (Å²) in [7, 11) is 0. The maximum Gasteiger partial charge on any atom is 0.140 e. The second-order valence-corrected chi connectivity index (χ2v) is 6.24. The standard InChI is InChI=1S/C15H24IN3S/c1-4-6-8-13-10-17-11-18-15(13)19(14(20)9-16)12(3)7-5-2/h10-12H,4-9H2,1-3H3. The maximum atomic E-state index is 5.58. The molecule has 0 aliphatic rings. The molecule has 0 N–H and O–H groups in total. The number of halogens is 1. The first-order valence-corrected chi connectivity index (χ1v) is 9.25. The molecule has 0 aliphatic carbocycles. The number of rotatable bonds is 8. The smallest absolute Gasteiger partial charge is 0.140 e. The van der Waals surface area contributed by atoms with Gasteiger partial charge in [-0.25, -0.2) is 9.97 Å². The molecule has 0 saturated heterocycles. The maximum absolute atomic E-state index is 5.58. The van der Waals surface area contributed by atoms with Gasteiger partial charge in [-0.15, -0.1) is 0 Å². The molecule has 1 heterocycles. The quantitative estimate of drug-likeness (QED) is 0.360. The molecular weight excluding hydrogens is 381 g/mol. The summed E-state index contributed by atoms with van der Waals surface area (Å²) >= 11 is 7.91. The molecule has 1 aromatic rings. The van der Waals surface area contributed by atoms with Crippen molar-refractivity contribution in [1.29, 1.82) is 0 Å². The Morgan fingerprint density at radius 2 is 2.15 bits per heavy atom. The third kappa shape index (κ3) is 4.91. The Kier molecular flexibility index (Phi) is 8.52. The highest BCUT2D eigenvalue weighted by molar-refractivity contribution is 14.1. The molecule has 1 aromatic heterocycles. The zero-order valence-electron chi connectivity index (χ0n) is 12.6. The van der Waals surface area contributed by atoms with Crippen LogP contribution in [0.4, 0.5) is 5.82 Å². The lowest BCUT2D eigenvalue weighted by Gasteiger charge is -2.31. The van der Waals surface area contributed by atoms with E-state index in [4.69, 9.17) is 12.2 Å². The Morgan fingerprint density at radius 1 is 1.40 bits per heavy atom. The number of aromatic nitrogens is 2. The third-order valence-corrected chi connectivity index (χ3v) is 4.90. The van der Waals surface area contributed by atoms with Crippen LogP contribution in [0.25, 0.3) is 0 Å². The van der Waals surface area contributed by atoms with Crippen LogP contribution in [0.3, 0.4) is 0 Å². The van der Waals surface area contributed by atoms with Crippen molar-refractivity contribution in [3.63, 3.8) is 0 Å². The van der Waals surface area contributed by atoms with E-state index in [1.807, 2.05) is 6.20 Å². The number of anilines is 1. The van der Waals surface area contributed by atoms with Gasteiger partial charge in [0.15, 0.2) is 0 Å². The van der Waals surface area contributed by atoms with Gasteiger partial charge in [-0.2, -0.15) is 0 Å². The van der Waals surface area contributed by atoms with Gasteiger partial charge in [-0.3, -0.25) is 0 Å². The van der Waals surface area contributed by atoms with Gasteiger partial charge >= 0.3 is 0 Å². The minimum absolute atomic E-state index is 0.387. The average molecular weight is 405 g/mol. The number of nitrogens with zero attached hydrogens (tertiary/aromatic N) is 3. The van der Waals surface area contributed by atoms with E-state index in [1.165, 1.54) is 12.0 Å². The van der Waals surface area contributed by atoms with Gasteiger partial charge in [0.25, 0.3) is 0 Å². The first-order chi connectivity index (χ1) is 9.65. The summed E-state index contributed by atoms with van der Waals surface area (Å²) in [5.74, 6) is 1.01. The number of alkyl halides is 1. The molecule has 0 fully saturated rings. The van der Waals surface area contributed by atoms with Crippen molar-refractivity contribution in [2.45, 2.75) is 58.9 Å². The molecular formula is C15H24IN3S. The lowest BCUT2D eigenvalue weighted by molar-refractivity contribution is 0.637. The molecule has 5 heteroatoms. The number of unbranched alkanes of at least 4 members (excludes halogenated alkanes) is 1. The van der Waals surface area contributed by atoms with Gasteiger partial charge in [-0.1, -0.05) is 61.5 Å². The molecule has 20 heavy (non-hydrogen) atoms. The number of aryl methyl sites for hydroxylation is 1. The molecule has 112 valence electrons. The first-order valence-electron chi connectivity index (χ1n) is 7.32. The molecule has 3 nitrogen and oxygen atoms in total. The number of hydrogen-bond donors (Lipinski definition) is 0. The van der Waals surface area contributed by atoms with Gasteiger partial charge in [0, 0.05) is 17.8 Å². The fourth-order valence-corrected chi connectivity index (χ4v) is 2.93. The van der Waals surface area contributed by atoms with E-state index in [0.29, 0.717) is 6.04 Å². The summed E-state index contributed by atoms with van der Waals surface area (Å²) in [4.78, 5) is 11.9. The molecule has 1 unspecified atom stereocenters. The number of hydrogen-bond acceptors (Lipinski definition) is 3. The summed E-state index contributed by atoms with van der Waals surface area (Å²) in [5, 5.41) is 0. The molecule has 0 aliphatic heterocycles. The second kappa shape index (κ2) is 9.60. The fourth-order valence-electron chi connectivity index (χ4n) is 2.30. The highest BCUT2D eigenvalue weighted by Crippen LogP contribution is 2.23. The van der Waals surface area contributed by atoms with Gasteiger partial charge < -0.3 is 4.90 Å². The molecule has 1 atom stereocenters. The first kappa shape index (κ1) is 17.8. The van der Waals surface area contributed by atoms with Crippen molar-refractivity contribution in [3.05, 3.63) is 18.1 Å². The Hall–Kier alpha value is -0.300. The van der Waals surface area contributed by atoms with Gasteiger partial charge in [0.05, 0.1) is 9.42 Å². The van der Waals surface area contributed by atoms with Gasteiger partial charge in [0.1, 0.15) is 12.1 Å². The predicted octanol–water partition coefficient (Wildman–Crippen LogP) is 4.58. The van der Waals surface area contributed by atoms with Crippen LogP contribution in [-0.2, 0) is 6.42 Å². The summed E-state index contributed by atoms with van der Waals surface area (Å²) in [6, 6.07) is 0.387. The van der Waals surface area contributed by atoms with Crippen molar-refractivity contribution in [2.75, 3.05) is 9.33 Å². The van der Waals surface area contributed by atoms with Crippen molar-refractivity contribution in [3.8, 4) is 0 Å². The van der Waals surface area contributed by atoms with E-state index in [9.17, 15) is 0 Å². The predicted molar refractivity (Wildman–Crippen MR) is 99.0 cm³/mol. The van der Waals surface area contributed by atoms with E-state index in [-0.39, 0.29) is 0 Å². The average Bonchev–Trinajstić information content (AvgIpc) is 2.46. The molecule has 0 spiro atoms. The molecule has 0 amide bonds. The topological polar surface area (TPSA) is 29.0 Å². The van der Waals surface area contributed by atoms with Crippen LogP contribution in [0, 0.1) is 0 Å². The Bertz CT molecular complexity index is 425. The van der Waals surface area contributed by atoms with Crippen LogP contribution < -0.4 is 4.90 Å². The summed E-state index contributed by atoms with van der Waals surface area (Å²) in [6.07, 6.45) is 9.20. The Labute approximate surface area is 141 Å². The van der Waals surface area contributed by atoms with Crippen LogP contribution >= 0.6 is 34.8 Å². The lowest BCUT2D eigenvalue weighted by Crippen LogP contribution is -2.39. The van der Waals surface area contributed by atoms with Gasteiger partial charge in [-0.05, 0) is 26.2 Å². The SMILES string of the molecule is CCCCc1cncnc1N(C(=S)CI)C(C)CCC. The molecule has 1 rings (SSSR count). The van der Waals surface area contributed by atoms with E-state index < -0.39 is 0 Å². The normalized spacial score (nSPS) is 12.2. The Morgan fingerprint density at radius 3 is 2.75 bits per heavy atom. The van der Waals surface area contributed by atoms with Gasteiger partial charge in [0.2, 0.25) is 0 Å². The van der Waals surface area contributed by atoms with Crippen molar-refractivity contribution in [1.82, 2.24) is 9.97 Å².